The molecule has 0 radical (unpaired) electrons. The van der Waals surface area contributed by atoms with Crippen molar-refractivity contribution in [3.05, 3.63) is 18.0 Å². The maximum atomic E-state index is 8.75. The van der Waals surface area contributed by atoms with Crippen LogP contribution in [0, 0.1) is 11.3 Å². The highest BCUT2D eigenvalue weighted by Gasteiger charge is 2.18. The van der Waals surface area contributed by atoms with Crippen LogP contribution in [0.3, 0.4) is 0 Å². The second-order valence-electron chi connectivity index (χ2n) is 3.51. The van der Waals surface area contributed by atoms with Crippen LogP contribution in [0.4, 0.5) is 11.4 Å². The van der Waals surface area contributed by atoms with Gasteiger partial charge in [0.1, 0.15) is 11.8 Å². The number of fused-ring (bicyclic) bond motifs is 1. The second-order valence-corrected chi connectivity index (χ2v) is 3.51. The minimum absolute atomic E-state index is 0.478. The van der Waals surface area contributed by atoms with Gasteiger partial charge in [0.2, 0.25) is 0 Å². The Bertz CT molecular complexity index is 394. The average Bonchev–Trinajstić information content (AvgIpc) is 2.23. The van der Waals surface area contributed by atoms with E-state index in [4.69, 9.17) is 5.26 Å². The van der Waals surface area contributed by atoms with Crippen molar-refractivity contribution in [1.29, 1.82) is 5.26 Å². The molecule has 0 bridgehead atoms. The van der Waals surface area contributed by atoms with E-state index in [0.717, 1.165) is 24.5 Å². The molecule has 0 unspecified atom stereocenters. The van der Waals surface area contributed by atoms with Gasteiger partial charge < -0.3 is 9.80 Å². The maximum Gasteiger partial charge on any atom is 0.142 e. The molecule has 4 nitrogen and oxygen atoms in total. The zero-order chi connectivity index (χ0) is 10.1. The fourth-order valence-corrected chi connectivity index (χ4v) is 1.64. The number of nitrogens with zero attached hydrogens (tertiary/aromatic N) is 4. The van der Waals surface area contributed by atoms with Gasteiger partial charge in [0, 0.05) is 33.3 Å². The summed E-state index contributed by atoms with van der Waals surface area (Å²) in [6.45, 7) is 1.98. The van der Waals surface area contributed by atoms with Crippen LogP contribution in [0.5, 0.6) is 0 Å². The fraction of sp³-hybridized carbons (Fsp3) is 0.400. The van der Waals surface area contributed by atoms with Crippen LogP contribution in [0.1, 0.15) is 5.69 Å². The van der Waals surface area contributed by atoms with Crippen LogP contribution >= 0.6 is 0 Å². The van der Waals surface area contributed by atoms with E-state index in [9.17, 15) is 0 Å². The Morgan fingerprint density at radius 1 is 1.29 bits per heavy atom. The van der Waals surface area contributed by atoms with E-state index in [1.54, 1.807) is 6.20 Å². The summed E-state index contributed by atoms with van der Waals surface area (Å²) < 4.78 is 0. The van der Waals surface area contributed by atoms with Crippen molar-refractivity contribution in [2.75, 3.05) is 37.0 Å². The molecule has 0 spiro atoms. The molecule has 72 valence electrons. The molecule has 0 atom stereocenters. The number of rotatable bonds is 0. The lowest BCUT2D eigenvalue weighted by Crippen LogP contribution is -2.36. The highest BCUT2D eigenvalue weighted by atomic mass is 15.2. The van der Waals surface area contributed by atoms with Crippen LogP contribution in [0.15, 0.2) is 12.3 Å². The number of hydrogen-bond donors (Lipinski definition) is 0. The Morgan fingerprint density at radius 2 is 1.93 bits per heavy atom. The van der Waals surface area contributed by atoms with Gasteiger partial charge in [-0.15, -0.1) is 0 Å². The lowest BCUT2D eigenvalue weighted by atomic mass is 10.2. The highest BCUT2D eigenvalue weighted by molar-refractivity contribution is 5.72. The van der Waals surface area contributed by atoms with E-state index in [1.807, 2.05) is 20.2 Å². The molecule has 0 fully saturated rings. The first kappa shape index (κ1) is 8.82. The number of pyridine rings is 1. The summed E-state index contributed by atoms with van der Waals surface area (Å²) in [6.07, 6.45) is 1.77. The first-order valence-electron chi connectivity index (χ1n) is 4.55. The van der Waals surface area contributed by atoms with Crippen molar-refractivity contribution in [3.8, 4) is 6.07 Å². The molecule has 4 heteroatoms. The van der Waals surface area contributed by atoms with E-state index >= 15 is 0 Å². The van der Waals surface area contributed by atoms with E-state index in [0.29, 0.717) is 5.69 Å². The molecule has 0 aromatic carbocycles. The molecule has 2 heterocycles. The normalized spacial score (nSPS) is 14.9. The minimum atomic E-state index is 0.478. The third-order valence-electron chi connectivity index (χ3n) is 2.57. The second kappa shape index (κ2) is 3.18. The van der Waals surface area contributed by atoms with Crippen molar-refractivity contribution in [2.45, 2.75) is 0 Å². The number of aromatic nitrogens is 1. The van der Waals surface area contributed by atoms with Crippen LogP contribution < -0.4 is 9.80 Å². The van der Waals surface area contributed by atoms with Crippen LogP contribution in [-0.4, -0.2) is 32.2 Å². The smallest absolute Gasteiger partial charge is 0.142 e. The van der Waals surface area contributed by atoms with Crippen LogP contribution in [0.25, 0.3) is 0 Å². The lowest BCUT2D eigenvalue weighted by Gasteiger charge is -2.34. The fourth-order valence-electron chi connectivity index (χ4n) is 1.64. The van der Waals surface area contributed by atoms with Gasteiger partial charge in [-0.25, -0.2) is 4.98 Å². The predicted molar refractivity (Wildman–Crippen MR) is 55.5 cm³/mol. The SMILES string of the molecule is CN1CCN(C)c2cc(C#N)ncc21. The van der Waals surface area contributed by atoms with Crippen molar-refractivity contribution in [3.63, 3.8) is 0 Å². The van der Waals surface area contributed by atoms with Crippen molar-refractivity contribution < 1.29 is 0 Å². The Kier molecular flexibility index (Phi) is 2.01. The van der Waals surface area contributed by atoms with Gasteiger partial charge in [0.15, 0.2) is 0 Å². The van der Waals surface area contributed by atoms with Gasteiger partial charge in [0.25, 0.3) is 0 Å². The summed E-state index contributed by atoms with van der Waals surface area (Å²) >= 11 is 0. The standard InChI is InChI=1S/C10H12N4/c1-13-3-4-14(2)10-7-12-8(6-11)5-9(10)13/h5,7H,3-4H2,1-2H3. The predicted octanol–water partition coefficient (Wildman–Crippen LogP) is 0.839. The molecule has 0 saturated heterocycles. The molecular formula is C10H12N4. The van der Waals surface area contributed by atoms with E-state index in [2.05, 4.69) is 20.9 Å². The van der Waals surface area contributed by atoms with Gasteiger partial charge in [-0.05, 0) is 0 Å². The van der Waals surface area contributed by atoms with Gasteiger partial charge in [-0.3, -0.25) is 0 Å². The molecule has 14 heavy (non-hydrogen) atoms. The van der Waals surface area contributed by atoms with E-state index in [1.165, 1.54) is 0 Å². The number of hydrogen-bond acceptors (Lipinski definition) is 4. The van der Waals surface area contributed by atoms with Crippen molar-refractivity contribution >= 4 is 11.4 Å². The lowest BCUT2D eigenvalue weighted by molar-refractivity contribution is 0.793. The molecule has 0 saturated carbocycles. The summed E-state index contributed by atoms with van der Waals surface area (Å²) in [5, 5.41) is 8.75. The molecule has 0 aliphatic carbocycles. The number of anilines is 2. The Labute approximate surface area is 83.4 Å². The number of likely N-dealkylation sites (N-methyl/N-ethyl adjacent to an activating group) is 2. The van der Waals surface area contributed by atoms with Crippen LogP contribution in [0.2, 0.25) is 0 Å². The summed E-state index contributed by atoms with van der Waals surface area (Å²) in [4.78, 5) is 8.37. The number of nitriles is 1. The van der Waals surface area contributed by atoms with Gasteiger partial charge in [-0.1, -0.05) is 0 Å². The topological polar surface area (TPSA) is 43.2 Å². The van der Waals surface area contributed by atoms with E-state index < -0.39 is 0 Å². The Balaban J connectivity index is 2.52. The summed E-state index contributed by atoms with van der Waals surface area (Å²) in [5.41, 5.74) is 2.66. The molecule has 0 N–H and O–H groups in total. The van der Waals surface area contributed by atoms with Crippen molar-refractivity contribution in [2.24, 2.45) is 0 Å². The van der Waals surface area contributed by atoms with Crippen molar-refractivity contribution in [1.82, 2.24) is 4.98 Å². The maximum absolute atomic E-state index is 8.75. The average molecular weight is 188 g/mol. The van der Waals surface area contributed by atoms with E-state index in [-0.39, 0.29) is 0 Å². The minimum Gasteiger partial charge on any atom is -0.371 e. The Hall–Kier alpha value is -1.76. The molecule has 1 aromatic heterocycles. The van der Waals surface area contributed by atoms with Crippen LogP contribution in [-0.2, 0) is 0 Å². The molecule has 2 rings (SSSR count). The van der Waals surface area contributed by atoms with Gasteiger partial charge in [0.05, 0.1) is 17.6 Å². The molecule has 1 aliphatic rings. The largest absolute Gasteiger partial charge is 0.371 e. The van der Waals surface area contributed by atoms with Gasteiger partial charge >= 0.3 is 0 Å². The third kappa shape index (κ3) is 1.27. The molecular weight excluding hydrogens is 176 g/mol. The summed E-state index contributed by atoms with van der Waals surface area (Å²) in [5.74, 6) is 0. The first-order chi connectivity index (χ1) is 6.72. The quantitative estimate of drug-likeness (QED) is 0.605. The molecule has 1 aliphatic heterocycles. The zero-order valence-corrected chi connectivity index (χ0v) is 8.36. The first-order valence-corrected chi connectivity index (χ1v) is 4.55. The molecule has 0 amide bonds. The summed E-state index contributed by atoms with van der Waals surface area (Å²) in [7, 11) is 4.08. The highest BCUT2D eigenvalue weighted by Crippen LogP contribution is 2.30. The Morgan fingerprint density at radius 3 is 2.57 bits per heavy atom. The summed E-state index contributed by atoms with van der Waals surface area (Å²) in [6, 6.07) is 3.89. The molecule has 1 aromatic rings. The zero-order valence-electron chi connectivity index (χ0n) is 8.36. The monoisotopic (exact) mass is 188 g/mol. The van der Waals surface area contributed by atoms with Gasteiger partial charge in [-0.2, -0.15) is 5.26 Å². The third-order valence-corrected chi connectivity index (χ3v) is 2.57.